The van der Waals surface area contributed by atoms with Crippen molar-refractivity contribution >= 4 is 23.1 Å². The summed E-state index contributed by atoms with van der Waals surface area (Å²) < 4.78 is 17.0. The lowest BCUT2D eigenvalue weighted by Gasteiger charge is -2.50. The van der Waals surface area contributed by atoms with Crippen molar-refractivity contribution < 1.29 is 24.1 Å². The Bertz CT molecular complexity index is 1420. The fourth-order valence-corrected chi connectivity index (χ4v) is 5.99. The van der Waals surface area contributed by atoms with Crippen LogP contribution in [0, 0.1) is 5.41 Å². The summed E-state index contributed by atoms with van der Waals surface area (Å²) >= 11 is 6.10. The highest BCUT2D eigenvalue weighted by molar-refractivity contribution is 6.30. The normalized spacial score (nSPS) is 20.9. The van der Waals surface area contributed by atoms with Crippen LogP contribution < -0.4 is 9.47 Å². The zero-order valence-electron chi connectivity index (χ0n) is 23.9. The number of benzene rings is 2. The van der Waals surface area contributed by atoms with Gasteiger partial charge in [-0.15, -0.1) is 0 Å². The van der Waals surface area contributed by atoms with Gasteiger partial charge in [-0.2, -0.15) is 0 Å². The topological polar surface area (TPSA) is 81.1 Å². The fraction of sp³-hybridized carbons (Fsp3) is 0.394. The number of aliphatic hydroxyl groups is 1. The number of rotatable bonds is 8. The molecule has 8 heteroatoms. The summed E-state index contributed by atoms with van der Waals surface area (Å²) in [6.07, 6.45) is 5.51. The van der Waals surface area contributed by atoms with E-state index >= 15 is 0 Å². The van der Waals surface area contributed by atoms with Gasteiger partial charge in [0, 0.05) is 54.3 Å². The summed E-state index contributed by atoms with van der Waals surface area (Å²) in [7, 11) is 0. The third kappa shape index (κ3) is 6.43. The van der Waals surface area contributed by atoms with Crippen LogP contribution in [0.3, 0.4) is 0 Å². The molecule has 1 saturated heterocycles. The molecule has 2 aromatic carbocycles. The monoisotopic (exact) mass is 576 g/mol. The standard InChI is InChI=1S/C33H37ClN2O5/c1-23(37)39-18-19-40-26-12-13-31-29(20-26)27(28-6-4-15-35-30(28)21-41-31)7-5-16-36-17-14-33(38,32(2,3)22-36)24-8-10-25(34)11-9-24/h4,6-13,15,20,38H,5,14,16-19,21-22H2,1-3H3/b27-7+. The SMILES string of the molecule is CC(=O)OCCOc1ccc2c(c1)/C(=C/CCN1CCC(O)(c3ccc(Cl)cc3)C(C)(C)C1)c1cccnc1CO2. The van der Waals surface area contributed by atoms with Crippen LogP contribution in [0.4, 0.5) is 0 Å². The molecular weight excluding hydrogens is 540 g/mol. The number of esters is 1. The third-order valence-corrected chi connectivity index (χ3v) is 8.34. The number of aromatic nitrogens is 1. The summed E-state index contributed by atoms with van der Waals surface area (Å²) in [5.41, 5.74) is 3.58. The molecule has 2 aliphatic rings. The summed E-state index contributed by atoms with van der Waals surface area (Å²) in [6.45, 7) is 8.92. The van der Waals surface area contributed by atoms with Gasteiger partial charge in [-0.3, -0.25) is 9.78 Å². The lowest BCUT2D eigenvalue weighted by Crippen LogP contribution is -2.55. The number of halogens is 1. The average molecular weight is 577 g/mol. The molecule has 0 aliphatic carbocycles. The molecule has 1 N–H and O–H groups in total. The van der Waals surface area contributed by atoms with E-state index in [1.807, 2.05) is 48.5 Å². The van der Waals surface area contributed by atoms with Crippen LogP contribution in [0.5, 0.6) is 11.5 Å². The van der Waals surface area contributed by atoms with Gasteiger partial charge in [0.25, 0.3) is 0 Å². The first-order chi connectivity index (χ1) is 19.7. The first-order valence-electron chi connectivity index (χ1n) is 14.0. The number of fused-ring (bicyclic) bond motifs is 2. The highest BCUT2D eigenvalue weighted by atomic mass is 35.5. The quantitative estimate of drug-likeness (QED) is 0.260. The highest BCUT2D eigenvalue weighted by Crippen LogP contribution is 2.46. The molecule has 0 saturated carbocycles. The Morgan fingerprint density at radius 2 is 1.95 bits per heavy atom. The number of pyridine rings is 1. The first-order valence-corrected chi connectivity index (χ1v) is 14.4. The maximum atomic E-state index is 11.7. The predicted molar refractivity (Wildman–Crippen MR) is 159 cm³/mol. The molecule has 0 spiro atoms. The van der Waals surface area contributed by atoms with E-state index in [9.17, 15) is 9.90 Å². The molecule has 3 aromatic rings. The minimum absolute atomic E-state index is 0.192. The van der Waals surface area contributed by atoms with Crippen molar-refractivity contribution in [1.82, 2.24) is 9.88 Å². The molecule has 1 unspecified atom stereocenters. The van der Waals surface area contributed by atoms with Gasteiger partial charge in [-0.25, -0.2) is 0 Å². The first kappa shape index (κ1) is 29.1. The molecule has 3 heterocycles. The van der Waals surface area contributed by atoms with Crippen LogP contribution >= 0.6 is 11.6 Å². The zero-order valence-corrected chi connectivity index (χ0v) is 24.6. The number of carbonyl (C=O) groups excluding carboxylic acids is 1. The summed E-state index contributed by atoms with van der Waals surface area (Å²) in [6, 6.07) is 17.4. The van der Waals surface area contributed by atoms with Crippen LogP contribution in [-0.2, 0) is 21.7 Å². The zero-order chi connectivity index (χ0) is 29.0. The number of piperidine rings is 1. The molecule has 0 bridgehead atoms. The third-order valence-electron chi connectivity index (χ3n) is 8.09. The Balaban J connectivity index is 1.33. The van der Waals surface area contributed by atoms with E-state index in [1.165, 1.54) is 6.92 Å². The van der Waals surface area contributed by atoms with Gasteiger partial charge >= 0.3 is 5.97 Å². The van der Waals surface area contributed by atoms with E-state index in [0.29, 0.717) is 23.8 Å². The Labute approximate surface area is 246 Å². The van der Waals surface area contributed by atoms with Crippen molar-refractivity contribution in [2.75, 3.05) is 32.8 Å². The Kier molecular flexibility index (Phi) is 8.68. The van der Waals surface area contributed by atoms with E-state index in [-0.39, 0.29) is 24.6 Å². The van der Waals surface area contributed by atoms with Crippen molar-refractivity contribution in [1.29, 1.82) is 0 Å². The number of hydrogen-bond acceptors (Lipinski definition) is 7. The molecule has 216 valence electrons. The van der Waals surface area contributed by atoms with E-state index in [4.69, 9.17) is 25.8 Å². The second-order valence-corrected chi connectivity index (χ2v) is 11.8. The van der Waals surface area contributed by atoms with E-state index in [2.05, 4.69) is 35.9 Å². The Morgan fingerprint density at radius 1 is 1.15 bits per heavy atom. The Hall–Kier alpha value is -3.39. The Morgan fingerprint density at radius 3 is 2.71 bits per heavy atom. The average Bonchev–Trinajstić information content (AvgIpc) is 3.10. The van der Waals surface area contributed by atoms with Crippen molar-refractivity contribution in [3.05, 3.63) is 94.3 Å². The number of hydrogen-bond donors (Lipinski definition) is 1. The fourth-order valence-electron chi connectivity index (χ4n) is 5.86. The van der Waals surface area contributed by atoms with E-state index in [1.54, 1.807) is 6.20 Å². The molecule has 7 nitrogen and oxygen atoms in total. The van der Waals surface area contributed by atoms with Gasteiger partial charge in [-0.05, 0) is 60.4 Å². The van der Waals surface area contributed by atoms with E-state index < -0.39 is 5.60 Å². The summed E-state index contributed by atoms with van der Waals surface area (Å²) in [4.78, 5) is 18.1. The van der Waals surface area contributed by atoms with Crippen molar-refractivity contribution in [2.24, 2.45) is 5.41 Å². The molecule has 1 aromatic heterocycles. The minimum Gasteiger partial charge on any atom is -0.490 e. The van der Waals surface area contributed by atoms with Gasteiger partial charge < -0.3 is 24.2 Å². The van der Waals surface area contributed by atoms with Gasteiger partial charge in [-0.1, -0.05) is 49.7 Å². The molecule has 1 fully saturated rings. The maximum absolute atomic E-state index is 11.7. The van der Waals surface area contributed by atoms with Crippen LogP contribution in [0.1, 0.15) is 56.0 Å². The second-order valence-electron chi connectivity index (χ2n) is 11.3. The second kappa shape index (κ2) is 12.2. The lowest BCUT2D eigenvalue weighted by molar-refractivity contribution is -0.141. The number of ether oxygens (including phenoxy) is 3. The molecule has 1 atom stereocenters. The predicted octanol–water partition coefficient (Wildman–Crippen LogP) is 6.01. The summed E-state index contributed by atoms with van der Waals surface area (Å²) in [5, 5.41) is 12.4. The molecule has 5 rings (SSSR count). The molecule has 2 aliphatic heterocycles. The number of nitrogens with zero attached hydrogens (tertiary/aromatic N) is 2. The van der Waals surface area contributed by atoms with Gasteiger partial charge in [0.2, 0.25) is 0 Å². The molecule has 41 heavy (non-hydrogen) atoms. The smallest absolute Gasteiger partial charge is 0.302 e. The van der Waals surface area contributed by atoms with Gasteiger partial charge in [0.05, 0.1) is 11.3 Å². The van der Waals surface area contributed by atoms with Crippen LogP contribution in [0.25, 0.3) is 5.57 Å². The van der Waals surface area contributed by atoms with Crippen molar-refractivity contribution in [2.45, 2.75) is 45.8 Å². The van der Waals surface area contributed by atoms with Gasteiger partial charge in [0.15, 0.2) is 0 Å². The van der Waals surface area contributed by atoms with Crippen LogP contribution in [0.2, 0.25) is 5.02 Å². The highest BCUT2D eigenvalue weighted by Gasteiger charge is 2.48. The number of carbonyl (C=O) groups is 1. The summed E-state index contributed by atoms with van der Waals surface area (Å²) in [5.74, 6) is 1.12. The minimum atomic E-state index is -0.916. The molecule has 0 amide bonds. The number of likely N-dealkylation sites (tertiary alicyclic amines) is 1. The van der Waals surface area contributed by atoms with E-state index in [0.717, 1.165) is 59.8 Å². The van der Waals surface area contributed by atoms with Crippen LogP contribution in [-0.4, -0.2) is 53.8 Å². The largest absolute Gasteiger partial charge is 0.490 e. The van der Waals surface area contributed by atoms with Crippen molar-refractivity contribution in [3.63, 3.8) is 0 Å². The maximum Gasteiger partial charge on any atom is 0.302 e. The van der Waals surface area contributed by atoms with Crippen LogP contribution in [0.15, 0.2) is 66.9 Å². The lowest BCUT2D eigenvalue weighted by atomic mass is 9.66. The van der Waals surface area contributed by atoms with Crippen molar-refractivity contribution in [3.8, 4) is 11.5 Å². The molecule has 0 radical (unpaired) electrons. The van der Waals surface area contributed by atoms with Gasteiger partial charge in [0.1, 0.15) is 31.3 Å². The molecular formula is C33H37ClN2O5.